The van der Waals surface area contributed by atoms with Gasteiger partial charge in [0.25, 0.3) is 0 Å². The summed E-state index contributed by atoms with van der Waals surface area (Å²) in [5.74, 6) is 0.182. The minimum atomic E-state index is -1.39. The Kier molecular flexibility index (Phi) is 5.84. The zero-order valence-corrected chi connectivity index (χ0v) is 16.3. The molecular formula is C22H22N4O3. The lowest BCUT2D eigenvalue weighted by Crippen LogP contribution is -2.43. The number of nitrogens with zero attached hydrogens (tertiary/aromatic N) is 2. The van der Waals surface area contributed by atoms with E-state index in [9.17, 15) is 9.90 Å². The Morgan fingerprint density at radius 3 is 2.59 bits per heavy atom. The van der Waals surface area contributed by atoms with Crippen LogP contribution in [0.2, 0.25) is 0 Å². The van der Waals surface area contributed by atoms with Gasteiger partial charge in [-0.05, 0) is 61.4 Å². The van der Waals surface area contributed by atoms with E-state index in [0.29, 0.717) is 35.0 Å². The molecule has 0 aliphatic rings. The predicted molar refractivity (Wildman–Crippen MR) is 110 cm³/mol. The maximum absolute atomic E-state index is 12.5. The van der Waals surface area contributed by atoms with Gasteiger partial charge in [-0.15, -0.1) is 0 Å². The molecule has 3 aromatic rings. The van der Waals surface area contributed by atoms with Crippen LogP contribution >= 0.6 is 0 Å². The lowest BCUT2D eigenvalue weighted by molar-refractivity contribution is -0.142. The number of anilines is 1. The van der Waals surface area contributed by atoms with Crippen LogP contribution in [0.1, 0.15) is 31.4 Å². The Labute approximate surface area is 169 Å². The van der Waals surface area contributed by atoms with E-state index in [0.717, 1.165) is 5.56 Å². The van der Waals surface area contributed by atoms with Gasteiger partial charge in [0.2, 0.25) is 0 Å². The first kappa shape index (κ1) is 20.0. The summed E-state index contributed by atoms with van der Waals surface area (Å²) >= 11 is 0. The average Bonchev–Trinajstić information content (AvgIpc) is 3.27. The molecule has 148 valence electrons. The fourth-order valence-corrected chi connectivity index (χ4v) is 3.22. The molecule has 1 aromatic heterocycles. The number of carbonyl (C=O) groups is 1. The first-order chi connectivity index (χ1) is 14.0. The van der Waals surface area contributed by atoms with Crippen molar-refractivity contribution in [1.82, 2.24) is 9.97 Å². The molecule has 0 bridgehead atoms. The highest BCUT2D eigenvalue weighted by Gasteiger charge is 2.39. The largest absolute Gasteiger partial charge is 0.494 e. The molecule has 1 atom stereocenters. The van der Waals surface area contributed by atoms with E-state index in [1.165, 1.54) is 0 Å². The Morgan fingerprint density at radius 1 is 1.28 bits per heavy atom. The molecule has 0 saturated heterocycles. The number of H-pyrrole nitrogens is 1. The van der Waals surface area contributed by atoms with Gasteiger partial charge in [-0.1, -0.05) is 6.92 Å². The molecule has 0 saturated carbocycles. The van der Waals surface area contributed by atoms with E-state index in [1.54, 1.807) is 48.8 Å². The molecule has 2 aromatic carbocycles. The highest BCUT2D eigenvalue weighted by Crippen LogP contribution is 2.35. The Bertz CT molecular complexity index is 1020. The van der Waals surface area contributed by atoms with Crippen molar-refractivity contribution in [3.63, 3.8) is 0 Å². The zero-order valence-electron chi connectivity index (χ0n) is 16.3. The summed E-state index contributed by atoms with van der Waals surface area (Å²) in [4.78, 5) is 19.8. The molecular weight excluding hydrogens is 368 g/mol. The minimum Gasteiger partial charge on any atom is -0.494 e. The first-order valence-electron chi connectivity index (χ1n) is 9.32. The van der Waals surface area contributed by atoms with Crippen LogP contribution in [-0.4, -0.2) is 27.7 Å². The molecule has 29 heavy (non-hydrogen) atoms. The number of nitrogens with one attached hydrogen (secondary N) is 2. The summed E-state index contributed by atoms with van der Waals surface area (Å²) in [5.41, 5.74) is 1.01. The third kappa shape index (κ3) is 4.06. The fraction of sp³-hybridized carbons (Fsp3) is 0.227. The van der Waals surface area contributed by atoms with Crippen molar-refractivity contribution in [1.29, 1.82) is 5.26 Å². The van der Waals surface area contributed by atoms with Crippen LogP contribution in [-0.2, 0) is 10.3 Å². The number of aliphatic carboxylic acids is 1. The van der Waals surface area contributed by atoms with E-state index in [-0.39, 0.29) is 6.42 Å². The van der Waals surface area contributed by atoms with Crippen LogP contribution in [0.15, 0.2) is 54.9 Å². The number of aromatic nitrogens is 2. The lowest BCUT2D eigenvalue weighted by Gasteiger charge is -2.32. The summed E-state index contributed by atoms with van der Waals surface area (Å²) in [7, 11) is 0. The van der Waals surface area contributed by atoms with Crippen LogP contribution in [0.25, 0.3) is 11.4 Å². The van der Waals surface area contributed by atoms with Crippen molar-refractivity contribution in [3.8, 4) is 23.2 Å². The van der Waals surface area contributed by atoms with Gasteiger partial charge in [-0.3, -0.25) is 0 Å². The Morgan fingerprint density at radius 2 is 2.03 bits per heavy atom. The molecule has 1 unspecified atom stereocenters. The third-order valence-electron chi connectivity index (χ3n) is 4.75. The fourth-order valence-electron chi connectivity index (χ4n) is 3.22. The SMILES string of the molecule is CCOc1cc(-c2ncc[nH]2)cc(C(CC)(Nc2ccc(C#N)cc2)C(=O)O)c1. The number of ether oxygens (including phenoxy) is 1. The predicted octanol–water partition coefficient (Wildman–Crippen LogP) is 4.15. The smallest absolute Gasteiger partial charge is 0.334 e. The summed E-state index contributed by atoms with van der Waals surface area (Å²) < 4.78 is 5.69. The number of hydrogen-bond acceptors (Lipinski definition) is 5. The van der Waals surface area contributed by atoms with Crippen LogP contribution in [0.4, 0.5) is 5.69 Å². The number of rotatable bonds is 8. The van der Waals surface area contributed by atoms with Gasteiger partial charge in [0.05, 0.1) is 18.2 Å². The number of aromatic amines is 1. The van der Waals surface area contributed by atoms with Crippen molar-refractivity contribution in [2.24, 2.45) is 0 Å². The standard InChI is InChI=1S/C22H22N4O3/c1-3-22(21(27)28,26-18-7-5-15(14-23)6-8-18)17-11-16(20-24-9-10-25-20)12-19(13-17)29-4-2/h5-13,26H,3-4H2,1-2H3,(H,24,25)(H,27,28). The molecule has 0 aliphatic heterocycles. The van der Waals surface area contributed by atoms with Crippen LogP contribution in [0.5, 0.6) is 5.75 Å². The van der Waals surface area contributed by atoms with Crippen molar-refractivity contribution in [2.45, 2.75) is 25.8 Å². The quantitative estimate of drug-likeness (QED) is 0.533. The second-order valence-electron chi connectivity index (χ2n) is 6.50. The summed E-state index contributed by atoms with van der Waals surface area (Å²) in [6.45, 7) is 4.14. The average molecular weight is 390 g/mol. The van der Waals surface area contributed by atoms with E-state index in [2.05, 4.69) is 21.4 Å². The molecule has 1 heterocycles. The number of hydrogen-bond donors (Lipinski definition) is 3. The molecule has 0 fully saturated rings. The summed E-state index contributed by atoms with van der Waals surface area (Å²) in [6.07, 6.45) is 3.64. The van der Waals surface area contributed by atoms with Gasteiger partial charge < -0.3 is 20.1 Å². The maximum Gasteiger partial charge on any atom is 0.334 e. The lowest BCUT2D eigenvalue weighted by atomic mass is 9.85. The number of carboxylic acids is 1. The van der Waals surface area contributed by atoms with Crippen molar-refractivity contribution in [2.75, 3.05) is 11.9 Å². The van der Waals surface area contributed by atoms with Gasteiger partial charge in [0.15, 0.2) is 5.54 Å². The first-order valence-corrected chi connectivity index (χ1v) is 9.32. The Balaban J connectivity index is 2.12. The summed E-state index contributed by atoms with van der Waals surface area (Å²) in [5, 5.41) is 22.3. The minimum absolute atomic E-state index is 0.287. The third-order valence-corrected chi connectivity index (χ3v) is 4.75. The van der Waals surface area contributed by atoms with Crippen molar-refractivity contribution in [3.05, 3.63) is 66.0 Å². The van der Waals surface area contributed by atoms with E-state index >= 15 is 0 Å². The second kappa shape index (κ2) is 8.48. The second-order valence-corrected chi connectivity index (χ2v) is 6.50. The van der Waals surface area contributed by atoms with Crippen LogP contribution < -0.4 is 10.1 Å². The normalized spacial score (nSPS) is 12.6. The van der Waals surface area contributed by atoms with Gasteiger partial charge >= 0.3 is 5.97 Å². The van der Waals surface area contributed by atoms with Crippen molar-refractivity contribution < 1.29 is 14.6 Å². The van der Waals surface area contributed by atoms with Crippen molar-refractivity contribution >= 4 is 11.7 Å². The van der Waals surface area contributed by atoms with E-state index in [4.69, 9.17) is 10.00 Å². The zero-order chi connectivity index (χ0) is 20.9. The van der Waals surface area contributed by atoms with Gasteiger partial charge in [0, 0.05) is 23.6 Å². The number of nitriles is 1. The van der Waals surface area contributed by atoms with Gasteiger partial charge in [0.1, 0.15) is 11.6 Å². The number of carboxylic acid groups (broad SMARTS) is 1. The van der Waals surface area contributed by atoms with Gasteiger partial charge in [-0.2, -0.15) is 5.26 Å². The van der Waals surface area contributed by atoms with Crippen LogP contribution in [0, 0.1) is 11.3 Å². The van der Waals surface area contributed by atoms with Gasteiger partial charge in [-0.25, -0.2) is 9.78 Å². The molecule has 0 radical (unpaired) electrons. The molecule has 0 aliphatic carbocycles. The highest BCUT2D eigenvalue weighted by molar-refractivity contribution is 5.85. The highest BCUT2D eigenvalue weighted by atomic mass is 16.5. The maximum atomic E-state index is 12.5. The Hall–Kier alpha value is -3.79. The molecule has 0 spiro atoms. The van der Waals surface area contributed by atoms with E-state index in [1.807, 2.05) is 19.9 Å². The molecule has 0 amide bonds. The van der Waals surface area contributed by atoms with E-state index < -0.39 is 11.5 Å². The molecule has 3 rings (SSSR count). The number of benzene rings is 2. The summed E-state index contributed by atoms with van der Waals surface area (Å²) in [6, 6.07) is 14.1. The topological polar surface area (TPSA) is 111 Å². The van der Waals surface area contributed by atoms with Crippen LogP contribution in [0.3, 0.4) is 0 Å². The molecule has 3 N–H and O–H groups in total. The molecule has 7 nitrogen and oxygen atoms in total. The molecule has 7 heteroatoms. The number of imidazole rings is 1. The monoisotopic (exact) mass is 390 g/mol.